The number of rotatable bonds is 4. The fourth-order valence-corrected chi connectivity index (χ4v) is 4.53. The number of nitrogens with zero attached hydrogens (tertiary/aromatic N) is 2. The van der Waals surface area contributed by atoms with Crippen molar-refractivity contribution in [2.75, 3.05) is 6.61 Å². The number of aliphatic imine (C=N–C) groups is 1. The molecule has 30 heavy (non-hydrogen) atoms. The number of halogens is 2. The zero-order chi connectivity index (χ0) is 21.8. The fraction of sp³-hybridized carbons (Fsp3) is 0.375. The van der Waals surface area contributed by atoms with E-state index < -0.39 is 17.7 Å². The van der Waals surface area contributed by atoms with Crippen molar-refractivity contribution in [2.24, 2.45) is 22.7 Å². The molecule has 0 N–H and O–H groups in total. The third-order valence-electron chi connectivity index (χ3n) is 5.91. The average molecular weight is 427 g/mol. The summed E-state index contributed by atoms with van der Waals surface area (Å²) in [6.07, 6.45) is 7.01. The second-order valence-electron chi connectivity index (χ2n) is 7.67. The Morgan fingerprint density at radius 2 is 2.03 bits per heavy atom. The molecule has 0 spiro atoms. The molecule has 2 aromatic rings. The Bertz CT molecular complexity index is 986. The van der Waals surface area contributed by atoms with Crippen LogP contribution in [0.25, 0.3) is 0 Å². The van der Waals surface area contributed by atoms with Crippen molar-refractivity contribution in [3.05, 3.63) is 64.7 Å². The van der Waals surface area contributed by atoms with Gasteiger partial charge in [-0.05, 0) is 48.6 Å². The summed E-state index contributed by atoms with van der Waals surface area (Å²) in [6, 6.07) is 9.74. The highest BCUT2D eigenvalue weighted by atomic mass is 35.5. The molecule has 0 amide bonds. The molecule has 2 heterocycles. The van der Waals surface area contributed by atoms with Crippen molar-refractivity contribution >= 4 is 23.3 Å². The topological polar surface area (TPSA) is 51.5 Å². The first-order chi connectivity index (χ1) is 14.3. The standard InChI is InChI=1S/C24H24ClFN2O2/c1-5-12-30-24(29)22-16(4)28-23(20-8-6-7-11-27-20)15(3)14(2)21(22)18-10-9-17(26)13-19(18)25/h1,6-11,13-15,21-23H,12H2,2-4H3. The minimum atomic E-state index is -0.688. The molecule has 0 saturated carbocycles. The summed E-state index contributed by atoms with van der Waals surface area (Å²) >= 11 is 6.43. The SMILES string of the molecule is C#CCOC(=O)C1C(C)=NC(c2ccccn2)C(C)C(C)C1c1ccc(F)cc1Cl. The Labute approximate surface area is 181 Å². The third kappa shape index (κ3) is 4.39. The molecule has 0 saturated heterocycles. The van der Waals surface area contributed by atoms with Gasteiger partial charge in [-0.3, -0.25) is 14.8 Å². The molecule has 1 aliphatic rings. The summed E-state index contributed by atoms with van der Waals surface area (Å²) in [5.41, 5.74) is 2.14. The molecule has 5 unspecified atom stereocenters. The molecule has 4 nitrogen and oxygen atoms in total. The molecular formula is C24H24ClFN2O2. The zero-order valence-corrected chi connectivity index (χ0v) is 17.9. The summed E-state index contributed by atoms with van der Waals surface area (Å²) < 4.78 is 19.0. The van der Waals surface area contributed by atoms with Crippen LogP contribution in [0, 0.1) is 35.9 Å². The molecule has 1 aromatic heterocycles. The Balaban J connectivity index is 2.14. The molecule has 3 rings (SSSR count). The largest absolute Gasteiger partial charge is 0.452 e. The van der Waals surface area contributed by atoms with Gasteiger partial charge in [0.15, 0.2) is 6.61 Å². The van der Waals surface area contributed by atoms with E-state index in [0.29, 0.717) is 11.3 Å². The van der Waals surface area contributed by atoms with E-state index in [1.54, 1.807) is 12.3 Å². The van der Waals surface area contributed by atoms with Gasteiger partial charge in [0.2, 0.25) is 0 Å². The van der Waals surface area contributed by atoms with Crippen molar-refractivity contribution in [3.8, 4) is 12.3 Å². The number of ether oxygens (including phenoxy) is 1. The maximum Gasteiger partial charge on any atom is 0.316 e. The number of aromatic nitrogens is 1. The van der Waals surface area contributed by atoms with Gasteiger partial charge in [-0.2, -0.15) is 0 Å². The maximum absolute atomic E-state index is 13.7. The van der Waals surface area contributed by atoms with Crippen LogP contribution in [0.3, 0.4) is 0 Å². The van der Waals surface area contributed by atoms with Crippen LogP contribution >= 0.6 is 11.6 Å². The Morgan fingerprint density at radius 1 is 1.27 bits per heavy atom. The highest BCUT2D eigenvalue weighted by Gasteiger charge is 2.44. The molecule has 5 atom stereocenters. The number of carbonyl (C=O) groups excluding carboxylic acids is 1. The fourth-order valence-electron chi connectivity index (χ4n) is 4.24. The second-order valence-corrected chi connectivity index (χ2v) is 8.08. The molecule has 6 heteroatoms. The lowest BCUT2D eigenvalue weighted by molar-refractivity contribution is -0.145. The molecule has 0 radical (unpaired) electrons. The zero-order valence-electron chi connectivity index (χ0n) is 17.2. The number of terminal acetylenes is 1. The van der Waals surface area contributed by atoms with Gasteiger partial charge in [0.05, 0.1) is 11.7 Å². The van der Waals surface area contributed by atoms with Crippen LogP contribution in [0.2, 0.25) is 5.02 Å². The Morgan fingerprint density at radius 3 is 2.67 bits per heavy atom. The number of hydrogen-bond donors (Lipinski definition) is 0. The van der Waals surface area contributed by atoms with Crippen LogP contribution in [0.5, 0.6) is 0 Å². The normalized spacial score (nSPS) is 26.3. The molecule has 156 valence electrons. The van der Waals surface area contributed by atoms with E-state index in [0.717, 1.165) is 5.69 Å². The van der Waals surface area contributed by atoms with Crippen LogP contribution in [-0.2, 0) is 9.53 Å². The molecule has 0 fully saturated rings. The minimum absolute atomic E-state index is 0.0337. The lowest BCUT2D eigenvalue weighted by atomic mass is 9.70. The smallest absolute Gasteiger partial charge is 0.316 e. The van der Waals surface area contributed by atoms with Gasteiger partial charge in [-0.25, -0.2) is 4.39 Å². The number of hydrogen-bond acceptors (Lipinski definition) is 4. The third-order valence-corrected chi connectivity index (χ3v) is 6.24. The van der Waals surface area contributed by atoms with E-state index in [1.807, 2.05) is 25.1 Å². The van der Waals surface area contributed by atoms with Gasteiger partial charge in [0, 0.05) is 22.8 Å². The summed E-state index contributed by atoms with van der Waals surface area (Å²) in [5.74, 6) is 0.398. The lowest BCUT2D eigenvalue weighted by Gasteiger charge is -2.33. The highest BCUT2D eigenvalue weighted by molar-refractivity contribution is 6.31. The summed E-state index contributed by atoms with van der Waals surface area (Å²) in [7, 11) is 0. The molecule has 0 bridgehead atoms. The van der Waals surface area contributed by atoms with Gasteiger partial charge in [0.1, 0.15) is 11.7 Å². The van der Waals surface area contributed by atoms with E-state index in [9.17, 15) is 9.18 Å². The van der Waals surface area contributed by atoms with E-state index in [2.05, 4.69) is 24.8 Å². The number of benzene rings is 1. The van der Waals surface area contributed by atoms with Crippen LogP contribution < -0.4 is 0 Å². The number of pyridine rings is 1. The quantitative estimate of drug-likeness (QED) is 0.496. The van der Waals surface area contributed by atoms with Crippen molar-refractivity contribution in [3.63, 3.8) is 0 Å². The van der Waals surface area contributed by atoms with Crippen LogP contribution in [0.4, 0.5) is 4.39 Å². The van der Waals surface area contributed by atoms with Crippen molar-refractivity contribution in [1.82, 2.24) is 4.98 Å². The van der Waals surface area contributed by atoms with Crippen molar-refractivity contribution < 1.29 is 13.9 Å². The number of esters is 1. The van der Waals surface area contributed by atoms with E-state index in [1.165, 1.54) is 12.1 Å². The van der Waals surface area contributed by atoms with Gasteiger partial charge in [-0.15, -0.1) is 6.42 Å². The molecule has 1 aliphatic heterocycles. The van der Waals surface area contributed by atoms with Crippen molar-refractivity contribution in [1.29, 1.82) is 0 Å². The van der Waals surface area contributed by atoms with Gasteiger partial charge < -0.3 is 4.74 Å². The highest BCUT2D eigenvalue weighted by Crippen LogP contribution is 2.47. The van der Waals surface area contributed by atoms with Gasteiger partial charge in [-0.1, -0.05) is 43.5 Å². The molecule has 0 aliphatic carbocycles. The summed E-state index contributed by atoms with van der Waals surface area (Å²) in [5, 5.41) is 0.276. The first-order valence-corrected chi connectivity index (χ1v) is 10.2. The van der Waals surface area contributed by atoms with Crippen LogP contribution in [0.1, 0.15) is 44.0 Å². The van der Waals surface area contributed by atoms with Crippen LogP contribution in [0.15, 0.2) is 47.6 Å². The van der Waals surface area contributed by atoms with E-state index in [4.69, 9.17) is 27.8 Å². The molecule has 1 aromatic carbocycles. The molecular weight excluding hydrogens is 403 g/mol. The summed E-state index contributed by atoms with van der Waals surface area (Å²) in [6.45, 7) is 5.83. The van der Waals surface area contributed by atoms with E-state index in [-0.39, 0.29) is 35.4 Å². The van der Waals surface area contributed by atoms with Gasteiger partial charge in [0.25, 0.3) is 0 Å². The predicted octanol–water partition coefficient (Wildman–Crippen LogP) is 5.24. The summed E-state index contributed by atoms with van der Waals surface area (Å²) in [4.78, 5) is 22.4. The van der Waals surface area contributed by atoms with Crippen LogP contribution in [-0.4, -0.2) is 23.3 Å². The Hall–Kier alpha value is -2.71. The van der Waals surface area contributed by atoms with E-state index >= 15 is 0 Å². The van der Waals surface area contributed by atoms with Crippen molar-refractivity contribution in [2.45, 2.75) is 32.7 Å². The first-order valence-electron chi connectivity index (χ1n) is 9.85. The predicted molar refractivity (Wildman–Crippen MR) is 116 cm³/mol. The Kier molecular flexibility index (Phi) is 6.89. The second kappa shape index (κ2) is 9.40. The first kappa shape index (κ1) is 22.0. The monoisotopic (exact) mass is 426 g/mol. The maximum atomic E-state index is 13.7. The average Bonchev–Trinajstić information content (AvgIpc) is 2.82. The number of carbonyl (C=O) groups is 1. The minimum Gasteiger partial charge on any atom is -0.452 e. The lowest BCUT2D eigenvalue weighted by Crippen LogP contribution is -2.34. The van der Waals surface area contributed by atoms with Gasteiger partial charge >= 0.3 is 5.97 Å².